The minimum absolute atomic E-state index is 0.0119. The van der Waals surface area contributed by atoms with E-state index in [9.17, 15) is 35.9 Å². The highest BCUT2D eigenvalue weighted by Crippen LogP contribution is 2.37. The smallest absolute Gasteiger partial charge is 0.369 e. The Kier molecular flexibility index (Phi) is 8.00. The number of piperidine rings is 1. The maximum Gasteiger partial charge on any atom is 0.416 e. The lowest BCUT2D eigenvalue weighted by molar-refractivity contribution is -0.143. The number of amides is 2. The van der Waals surface area contributed by atoms with Gasteiger partial charge in [-0.15, -0.1) is 0 Å². The fraction of sp³-hybridized carbons (Fsp3) is 0.391. The molecule has 0 aromatic heterocycles. The fourth-order valence-electron chi connectivity index (χ4n) is 4.08. The van der Waals surface area contributed by atoms with Crippen LogP contribution in [0.4, 0.5) is 26.3 Å². The number of carbonyl (C=O) groups excluding carboxylic acids is 2. The number of hydrogen-bond donors (Lipinski definition) is 2. The number of alkyl halides is 6. The first kappa shape index (κ1) is 26.8. The lowest BCUT2D eigenvalue weighted by Gasteiger charge is -2.40. The van der Waals surface area contributed by atoms with E-state index in [1.807, 2.05) is 0 Å². The van der Waals surface area contributed by atoms with Crippen LogP contribution in [0.2, 0.25) is 5.02 Å². The van der Waals surface area contributed by atoms with Crippen molar-refractivity contribution < 1.29 is 35.9 Å². The summed E-state index contributed by atoms with van der Waals surface area (Å²) in [5.41, 5.74) is 2.14. The molecule has 0 saturated carbocycles. The third kappa shape index (κ3) is 7.11. The molecule has 12 heteroatoms. The van der Waals surface area contributed by atoms with Gasteiger partial charge in [-0.1, -0.05) is 23.7 Å². The third-order valence-corrected chi connectivity index (χ3v) is 6.01. The molecule has 3 rings (SSSR count). The Bertz CT molecular complexity index is 1040. The normalized spacial score (nSPS) is 19.0. The van der Waals surface area contributed by atoms with Crippen molar-refractivity contribution in [2.75, 3.05) is 13.1 Å². The number of benzene rings is 2. The van der Waals surface area contributed by atoms with Crippen LogP contribution in [0.5, 0.6) is 0 Å². The van der Waals surface area contributed by atoms with E-state index in [1.54, 1.807) is 24.3 Å². The van der Waals surface area contributed by atoms with Gasteiger partial charge < -0.3 is 16.0 Å². The molecule has 2 aromatic rings. The van der Waals surface area contributed by atoms with Crippen LogP contribution in [0.3, 0.4) is 0 Å². The average molecular weight is 522 g/mol. The van der Waals surface area contributed by atoms with E-state index in [1.165, 1.54) is 4.90 Å². The molecule has 5 nitrogen and oxygen atoms in total. The zero-order chi connectivity index (χ0) is 26.0. The van der Waals surface area contributed by atoms with E-state index in [4.69, 9.17) is 17.3 Å². The van der Waals surface area contributed by atoms with Crippen molar-refractivity contribution in [3.63, 3.8) is 0 Å². The standard InChI is InChI=1S/C23H22ClF6N3O2/c24-17-3-1-13(2-4-17)7-19-11-18(32-12-20(31)34)5-6-33(19)21(35)14-8-15(22(25,26)27)10-16(9-14)23(28,29)30/h1-4,8-10,18-19,32H,5-7,11-12H2,(H2,31,34). The van der Waals surface area contributed by atoms with Crippen LogP contribution in [0.15, 0.2) is 42.5 Å². The Balaban J connectivity index is 1.94. The van der Waals surface area contributed by atoms with Crippen molar-refractivity contribution in [2.24, 2.45) is 5.73 Å². The summed E-state index contributed by atoms with van der Waals surface area (Å²) in [6.07, 6.45) is -9.20. The zero-order valence-corrected chi connectivity index (χ0v) is 19.0. The van der Waals surface area contributed by atoms with Crippen LogP contribution in [0.25, 0.3) is 0 Å². The Morgan fingerprint density at radius 3 is 2.09 bits per heavy atom. The number of primary amides is 1. The number of nitrogens with one attached hydrogen (secondary N) is 1. The van der Waals surface area contributed by atoms with E-state index in [2.05, 4.69) is 5.32 Å². The summed E-state index contributed by atoms with van der Waals surface area (Å²) >= 11 is 5.91. The molecular weight excluding hydrogens is 500 g/mol. The second-order valence-electron chi connectivity index (χ2n) is 8.35. The summed E-state index contributed by atoms with van der Waals surface area (Å²) in [7, 11) is 0. The number of hydrogen-bond acceptors (Lipinski definition) is 3. The first-order valence-corrected chi connectivity index (χ1v) is 11.0. The van der Waals surface area contributed by atoms with Crippen LogP contribution in [-0.4, -0.2) is 41.9 Å². The number of likely N-dealkylation sites (tertiary alicyclic amines) is 1. The van der Waals surface area contributed by atoms with E-state index >= 15 is 0 Å². The molecule has 0 spiro atoms. The second kappa shape index (κ2) is 10.4. The summed E-state index contributed by atoms with van der Waals surface area (Å²) in [6, 6.07) is 6.79. The van der Waals surface area contributed by atoms with Gasteiger partial charge in [0.1, 0.15) is 0 Å². The van der Waals surface area contributed by atoms with Gasteiger partial charge >= 0.3 is 12.4 Å². The molecule has 0 aliphatic carbocycles. The molecule has 2 unspecified atom stereocenters. The minimum atomic E-state index is -5.06. The number of halogens is 7. The molecule has 1 aliphatic rings. The highest BCUT2D eigenvalue weighted by Gasteiger charge is 2.39. The number of nitrogens with zero attached hydrogens (tertiary/aromatic N) is 1. The van der Waals surface area contributed by atoms with Gasteiger partial charge in [-0.05, 0) is 55.2 Å². The molecule has 190 valence electrons. The molecule has 2 amide bonds. The van der Waals surface area contributed by atoms with Crippen molar-refractivity contribution >= 4 is 23.4 Å². The summed E-state index contributed by atoms with van der Waals surface area (Å²) in [4.78, 5) is 25.7. The Morgan fingerprint density at radius 1 is 1.00 bits per heavy atom. The molecule has 0 radical (unpaired) electrons. The van der Waals surface area contributed by atoms with Crippen LogP contribution in [0, 0.1) is 0 Å². The van der Waals surface area contributed by atoms with E-state index < -0.39 is 46.9 Å². The van der Waals surface area contributed by atoms with E-state index in [0.29, 0.717) is 30.0 Å². The molecule has 1 aliphatic heterocycles. The SMILES string of the molecule is NC(=O)CNC1CCN(C(=O)c2cc(C(F)(F)F)cc(C(F)(F)F)c2)C(Cc2ccc(Cl)cc2)C1. The van der Waals surface area contributed by atoms with Gasteiger partial charge in [0.25, 0.3) is 5.91 Å². The van der Waals surface area contributed by atoms with E-state index in [0.717, 1.165) is 5.56 Å². The molecule has 35 heavy (non-hydrogen) atoms. The third-order valence-electron chi connectivity index (χ3n) is 5.76. The predicted octanol–water partition coefficient (Wildman–Crippen LogP) is 4.67. The Morgan fingerprint density at radius 2 is 1.57 bits per heavy atom. The summed E-state index contributed by atoms with van der Waals surface area (Å²) < 4.78 is 79.7. The first-order chi connectivity index (χ1) is 16.2. The van der Waals surface area contributed by atoms with Crippen LogP contribution in [-0.2, 0) is 23.6 Å². The largest absolute Gasteiger partial charge is 0.416 e. The van der Waals surface area contributed by atoms with Crippen molar-refractivity contribution in [3.05, 3.63) is 69.7 Å². The molecular formula is C23H22ClF6N3O2. The van der Waals surface area contributed by atoms with Gasteiger partial charge in [-0.3, -0.25) is 9.59 Å². The van der Waals surface area contributed by atoms with Gasteiger partial charge in [-0.2, -0.15) is 26.3 Å². The molecule has 1 saturated heterocycles. The maximum absolute atomic E-state index is 13.3. The minimum Gasteiger partial charge on any atom is -0.369 e. The first-order valence-electron chi connectivity index (χ1n) is 10.6. The number of nitrogens with two attached hydrogens (primary N) is 1. The zero-order valence-electron chi connectivity index (χ0n) is 18.2. The van der Waals surface area contributed by atoms with Gasteiger partial charge in [0, 0.05) is 29.2 Å². The Hall–Kier alpha value is -2.79. The summed E-state index contributed by atoms with van der Waals surface area (Å²) in [5.74, 6) is -1.52. The number of rotatable bonds is 6. The average Bonchev–Trinajstić information content (AvgIpc) is 2.77. The van der Waals surface area contributed by atoms with Crippen LogP contribution in [0.1, 0.15) is 39.9 Å². The molecule has 0 bridgehead atoms. The topological polar surface area (TPSA) is 75.4 Å². The Labute approximate surface area is 202 Å². The van der Waals surface area contributed by atoms with Crippen LogP contribution >= 0.6 is 11.6 Å². The van der Waals surface area contributed by atoms with Gasteiger partial charge in [-0.25, -0.2) is 0 Å². The van der Waals surface area contributed by atoms with Gasteiger partial charge in [0.15, 0.2) is 0 Å². The molecule has 2 aromatic carbocycles. The van der Waals surface area contributed by atoms with Gasteiger partial charge in [0.2, 0.25) is 5.91 Å². The maximum atomic E-state index is 13.3. The highest BCUT2D eigenvalue weighted by molar-refractivity contribution is 6.30. The highest BCUT2D eigenvalue weighted by atomic mass is 35.5. The molecule has 1 heterocycles. The fourth-order valence-corrected chi connectivity index (χ4v) is 4.21. The lowest BCUT2D eigenvalue weighted by Crippen LogP contribution is -2.52. The van der Waals surface area contributed by atoms with Crippen molar-refractivity contribution in [1.82, 2.24) is 10.2 Å². The van der Waals surface area contributed by atoms with Gasteiger partial charge in [0.05, 0.1) is 17.7 Å². The predicted molar refractivity (Wildman–Crippen MR) is 117 cm³/mol. The molecule has 2 atom stereocenters. The summed E-state index contributed by atoms with van der Waals surface area (Å²) in [6.45, 7) is -0.0417. The lowest BCUT2D eigenvalue weighted by atomic mass is 9.91. The van der Waals surface area contributed by atoms with Crippen molar-refractivity contribution in [1.29, 1.82) is 0 Å². The second-order valence-corrected chi connectivity index (χ2v) is 8.78. The van der Waals surface area contributed by atoms with Crippen molar-refractivity contribution in [2.45, 2.75) is 43.7 Å². The van der Waals surface area contributed by atoms with E-state index in [-0.39, 0.29) is 31.6 Å². The van der Waals surface area contributed by atoms with Crippen molar-refractivity contribution in [3.8, 4) is 0 Å². The molecule has 3 N–H and O–H groups in total. The summed E-state index contributed by atoms with van der Waals surface area (Å²) in [5, 5.41) is 3.45. The monoisotopic (exact) mass is 521 g/mol. The quantitative estimate of drug-likeness (QED) is 0.543. The number of carbonyl (C=O) groups is 2. The molecule has 1 fully saturated rings. The van der Waals surface area contributed by atoms with Crippen LogP contribution < -0.4 is 11.1 Å².